The Bertz CT molecular complexity index is 635. The highest BCUT2D eigenvalue weighted by Crippen LogP contribution is 2.23. The van der Waals surface area contributed by atoms with Crippen LogP contribution in [0.25, 0.3) is 0 Å². The number of hydrogen-bond acceptors (Lipinski definition) is 3. The number of piperidine rings is 1. The van der Waals surface area contributed by atoms with Gasteiger partial charge in [0.1, 0.15) is 12.4 Å². The van der Waals surface area contributed by atoms with E-state index in [0.29, 0.717) is 18.1 Å². The molecule has 122 valence electrons. The molecule has 1 aromatic heterocycles. The maximum absolute atomic E-state index is 12.8. The summed E-state index contributed by atoms with van der Waals surface area (Å²) in [6.45, 7) is 1.19. The van der Waals surface area contributed by atoms with Crippen molar-refractivity contribution in [3.8, 4) is 0 Å². The molecule has 2 aromatic rings. The maximum Gasteiger partial charge on any atom is 0.289 e. The molecule has 4 heteroatoms. The molecule has 0 saturated carbocycles. The summed E-state index contributed by atoms with van der Waals surface area (Å²) >= 11 is 0. The zero-order valence-corrected chi connectivity index (χ0v) is 13.5. The number of benzene rings is 1. The molecular formula is C19H23NO3. The zero-order chi connectivity index (χ0) is 16.1. The van der Waals surface area contributed by atoms with Crippen LogP contribution in [0.5, 0.6) is 0 Å². The molecule has 1 amide bonds. The van der Waals surface area contributed by atoms with Crippen LogP contribution in [0.4, 0.5) is 0 Å². The molecule has 1 fully saturated rings. The first-order chi connectivity index (χ1) is 11.3. The average molecular weight is 313 g/mol. The van der Waals surface area contributed by atoms with Crippen LogP contribution >= 0.6 is 0 Å². The van der Waals surface area contributed by atoms with Crippen molar-refractivity contribution in [2.75, 3.05) is 13.7 Å². The fourth-order valence-corrected chi connectivity index (χ4v) is 3.22. The highest BCUT2D eigenvalue weighted by atomic mass is 16.5. The van der Waals surface area contributed by atoms with Gasteiger partial charge in [0.25, 0.3) is 5.91 Å². The van der Waals surface area contributed by atoms with E-state index in [1.54, 1.807) is 13.2 Å². The summed E-state index contributed by atoms with van der Waals surface area (Å²) in [4.78, 5) is 14.8. The first-order valence-electron chi connectivity index (χ1n) is 8.20. The second kappa shape index (κ2) is 7.47. The van der Waals surface area contributed by atoms with Gasteiger partial charge >= 0.3 is 0 Å². The van der Waals surface area contributed by atoms with Crippen LogP contribution in [-0.2, 0) is 17.8 Å². The van der Waals surface area contributed by atoms with Gasteiger partial charge in [-0.2, -0.15) is 0 Å². The Labute approximate surface area is 137 Å². The average Bonchev–Trinajstić information content (AvgIpc) is 3.05. The minimum absolute atomic E-state index is 0.00650. The van der Waals surface area contributed by atoms with E-state index in [0.717, 1.165) is 25.8 Å². The molecule has 0 bridgehead atoms. The monoisotopic (exact) mass is 313 g/mol. The van der Waals surface area contributed by atoms with Crippen LogP contribution in [0.2, 0.25) is 0 Å². The van der Waals surface area contributed by atoms with E-state index in [2.05, 4.69) is 12.1 Å². The molecule has 0 spiro atoms. The Morgan fingerprint density at radius 1 is 1.22 bits per heavy atom. The van der Waals surface area contributed by atoms with Gasteiger partial charge in [-0.3, -0.25) is 4.79 Å². The normalized spacial score (nSPS) is 18.1. The second-order valence-electron chi connectivity index (χ2n) is 6.04. The van der Waals surface area contributed by atoms with Crippen molar-refractivity contribution in [2.45, 2.75) is 38.3 Å². The minimum Gasteiger partial charge on any atom is -0.453 e. The van der Waals surface area contributed by atoms with Crippen LogP contribution in [0.1, 0.15) is 41.1 Å². The Hall–Kier alpha value is -2.07. The van der Waals surface area contributed by atoms with Gasteiger partial charge < -0.3 is 14.1 Å². The van der Waals surface area contributed by atoms with Gasteiger partial charge in [0.05, 0.1) is 0 Å². The predicted molar refractivity (Wildman–Crippen MR) is 88.2 cm³/mol. The van der Waals surface area contributed by atoms with Crippen LogP contribution in [0, 0.1) is 0 Å². The molecule has 0 N–H and O–H groups in total. The maximum atomic E-state index is 12.8. The molecule has 0 aliphatic carbocycles. The summed E-state index contributed by atoms with van der Waals surface area (Å²) in [7, 11) is 1.62. The number of amides is 1. The number of methoxy groups -OCH3 is 1. The number of hydrogen-bond donors (Lipinski definition) is 0. The van der Waals surface area contributed by atoms with Crippen molar-refractivity contribution >= 4 is 5.91 Å². The molecule has 3 rings (SSSR count). The summed E-state index contributed by atoms with van der Waals surface area (Å²) in [5.41, 5.74) is 1.27. The predicted octanol–water partition coefficient (Wildman–Crippen LogP) is 3.66. The molecule has 1 saturated heterocycles. The molecule has 4 nitrogen and oxygen atoms in total. The topological polar surface area (TPSA) is 42.7 Å². The van der Waals surface area contributed by atoms with E-state index in [4.69, 9.17) is 9.15 Å². The SMILES string of the molecule is COCc1ccc(C(=O)N2CCCCC2Cc2ccccc2)o1. The number of ether oxygens (including phenoxy) is 1. The summed E-state index contributed by atoms with van der Waals surface area (Å²) in [5.74, 6) is 1.09. The van der Waals surface area contributed by atoms with Gasteiger partial charge in [-0.1, -0.05) is 30.3 Å². The third-order valence-electron chi connectivity index (χ3n) is 4.36. The molecule has 23 heavy (non-hydrogen) atoms. The highest BCUT2D eigenvalue weighted by Gasteiger charge is 2.29. The second-order valence-corrected chi connectivity index (χ2v) is 6.04. The van der Waals surface area contributed by atoms with E-state index in [1.165, 1.54) is 12.0 Å². The lowest BCUT2D eigenvalue weighted by Gasteiger charge is -2.35. The van der Waals surface area contributed by atoms with E-state index in [9.17, 15) is 4.79 Å². The minimum atomic E-state index is -0.00650. The lowest BCUT2D eigenvalue weighted by Crippen LogP contribution is -2.44. The first kappa shape index (κ1) is 15.8. The molecule has 1 unspecified atom stereocenters. The molecule has 2 heterocycles. The Morgan fingerprint density at radius 2 is 2.04 bits per heavy atom. The number of furan rings is 1. The molecule has 1 aromatic carbocycles. The highest BCUT2D eigenvalue weighted by molar-refractivity contribution is 5.91. The Morgan fingerprint density at radius 3 is 2.83 bits per heavy atom. The summed E-state index contributed by atoms with van der Waals surface area (Å²) in [6.07, 6.45) is 4.18. The van der Waals surface area contributed by atoms with E-state index < -0.39 is 0 Å². The number of carbonyl (C=O) groups is 1. The van der Waals surface area contributed by atoms with Gasteiger partial charge in [0.2, 0.25) is 0 Å². The van der Waals surface area contributed by atoms with Gasteiger partial charge in [0, 0.05) is 19.7 Å². The quantitative estimate of drug-likeness (QED) is 0.846. The van der Waals surface area contributed by atoms with Gasteiger partial charge in [-0.15, -0.1) is 0 Å². The number of rotatable bonds is 5. The van der Waals surface area contributed by atoms with Crippen molar-refractivity contribution in [2.24, 2.45) is 0 Å². The zero-order valence-electron chi connectivity index (χ0n) is 13.5. The summed E-state index contributed by atoms with van der Waals surface area (Å²) in [6, 6.07) is 14.2. The van der Waals surface area contributed by atoms with Crippen molar-refractivity contribution in [1.82, 2.24) is 4.90 Å². The fraction of sp³-hybridized carbons (Fsp3) is 0.421. The van der Waals surface area contributed by atoms with Crippen molar-refractivity contribution in [1.29, 1.82) is 0 Å². The van der Waals surface area contributed by atoms with Gasteiger partial charge in [-0.05, 0) is 43.4 Å². The Kier molecular flexibility index (Phi) is 5.13. The summed E-state index contributed by atoms with van der Waals surface area (Å²) in [5, 5.41) is 0. The third kappa shape index (κ3) is 3.82. The largest absolute Gasteiger partial charge is 0.453 e. The van der Waals surface area contributed by atoms with E-state index in [1.807, 2.05) is 29.2 Å². The number of carbonyl (C=O) groups excluding carboxylic acids is 1. The first-order valence-corrected chi connectivity index (χ1v) is 8.20. The van der Waals surface area contributed by atoms with E-state index in [-0.39, 0.29) is 11.9 Å². The van der Waals surface area contributed by atoms with Gasteiger partial charge in [-0.25, -0.2) is 0 Å². The van der Waals surface area contributed by atoms with Crippen LogP contribution in [-0.4, -0.2) is 30.5 Å². The number of nitrogens with zero attached hydrogens (tertiary/aromatic N) is 1. The van der Waals surface area contributed by atoms with Gasteiger partial charge in [0.15, 0.2) is 5.76 Å². The van der Waals surface area contributed by atoms with Crippen molar-refractivity contribution < 1.29 is 13.9 Å². The molecular weight excluding hydrogens is 290 g/mol. The smallest absolute Gasteiger partial charge is 0.289 e. The fourth-order valence-electron chi connectivity index (χ4n) is 3.22. The molecule has 1 aliphatic heterocycles. The van der Waals surface area contributed by atoms with Crippen LogP contribution < -0.4 is 0 Å². The summed E-state index contributed by atoms with van der Waals surface area (Å²) < 4.78 is 10.7. The molecule has 1 atom stereocenters. The number of likely N-dealkylation sites (tertiary alicyclic amines) is 1. The van der Waals surface area contributed by atoms with Crippen molar-refractivity contribution in [3.05, 3.63) is 59.5 Å². The molecule has 0 radical (unpaired) electrons. The van der Waals surface area contributed by atoms with E-state index >= 15 is 0 Å². The lowest BCUT2D eigenvalue weighted by molar-refractivity contribution is 0.0574. The standard InChI is InChI=1S/C19H23NO3/c1-22-14-17-10-11-18(23-17)19(21)20-12-6-5-9-16(20)13-15-7-3-2-4-8-15/h2-4,7-8,10-11,16H,5-6,9,12-14H2,1H3. The third-order valence-corrected chi connectivity index (χ3v) is 4.36. The van der Waals surface area contributed by atoms with Crippen LogP contribution in [0.3, 0.4) is 0 Å². The molecule has 1 aliphatic rings. The Balaban J connectivity index is 1.73. The van der Waals surface area contributed by atoms with Crippen molar-refractivity contribution in [3.63, 3.8) is 0 Å². The van der Waals surface area contributed by atoms with Crippen LogP contribution in [0.15, 0.2) is 46.9 Å². The lowest BCUT2D eigenvalue weighted by atomic mass is 9.95.